The first kappa shape index (κ1) is 20.4. The molecular weight excluding hydrogens is 441 g/mol. The van der Waals surface area contributed by atoms with Crippen LogP contribution in [-0.2, 0) is 6.54 Å². The lowest BCUT2D eigenvalue weighted by molar-refractivity contribution is 0.296. The summed E-state index contributed by atoms with van der Waals surface area (Å²) in [6.45, 7) is 3.34. The lowest BCUT2D eigenvalue weighted by Gasteiger charge is -2.12. The third-order valence-electron chi connectivity index (χ3n) is 4.18. The highest BCUT2D eigenvalue weighted by atomic mass is 127. The quantitative estimate of drug-likeness (QED) is 0.361. The zero-order valence-corrected chi connectivity index (χ0v) is 17.5. The molecule has 1 aliphatic carbocycles. The maximum Gasteiger partial charge on any atom is 0.193 e. The zero-order chi connectivity index (χ0) is 17.6. The molecule has 3 N–H and O–H groups in total. The van der Waals surface area contributed by atoms with Gasteiger partial charge >= 0.3 is 0 Å². The van der Waals surface area contributed by atoms with Crippen molar-refractivity contribution in [1.82, 2.24) is 0 Å². The average molecular weight is 467 g/mol. The number of methoxy groups -OCH3 is 1. The summed E-state index contributed by atoms with van der Waals surface area (Å²) in [5.41, 5.74) is 9.10. The van der Waals surface area contributed by atoms with E-state index in [1.807, 2.05) is 24.3 Å². The minimum Gasteiger partial charge on any atom is -0.497 e. The van der Waals surface area contributed by atoms with E-state index in [0.717, 1.165) is 35.3 Å². The number of anilines is 1. The van der Waals surface area contributed by atoms with Crippen LogP contribution in [0.1, 0.15) is 24.0 Å². The van der Waals surface area contributed by atoms with Gasteiger partial charge in [0.1, 0.15) is 11.5 Å². The number of nitrogens with one attached hydrogen (secondary N) is 1. The Morgan fingerprint density at radius 2 is 1.92 bits per heavy atom. The van der Waals surface area contributed by atoms with Gasteiger partial charge in [0.2, 0.25) is 0 Å². The Morgan fingerprint density at radius 3 is 2.58 bits per heavy atom. The van der Waals surface area contributed by atoms with Crippen molar-refractivity contribution >= 4 is 35.6 Å². The predicted octanol–water partition coefficient (Wildman–Crippen LogP) is 4.34. The summed E-state index contributed by atoms with van der Waals surface area (Å²) < 4.78 is 11.1. The van der Waals surface area contributed by atoms with Crippen LogP contribution in [0.5, 0.6) is 11.5 Å². The third kappa shape index (κ3) is 6.09. The Kier molecular flexibility index (Phi) is 7.56. The van der Waals surface area contributed by atoms with Crippen LogP contribution in [0.2, 0.25) is 0 Å². The molecule has 0 aromatic heterocycles. The van der Waals surface area contributed by atoms with E-state index >= 15 is 0 Å². The summed E-state index contributed by atoms with van der Waals surface area (Å²) >= 11 is 0. The summed E-state index contributed by atoms with van der Waals surface area (Å²) in [6, 6.07) is 13.7. The lowest BCUT2D eigenvalue weighted by Crippen LogP contribution is -2.22. The van der Waals surface area contributed by atoms with Crippen molar-refractivity contribution in [3.63, 3.8) is 0 Å². The van der Waals surface area contributed by atoms with Crippen LogP contribution in [-0.4, -0.2) is 19.7 Å². The Balaban J connectivity index is 0.00000243. The fourth-order valence-corrected chi connectivity index (χ4v) is 2.45. The molecule has 1 saturated carbocycles. The molecule has 0 unspecified atom stereocenters. The summed E-state index contributed by atoms with van der Waals surface area (Å²) in [4.78, 5) is 4.44. The summed E-state index contributed by atoms with van der Waals surface area (Å²) in [5, 5.41) is 3.09. The summed E-state index contributed by atoms with van der Waals surface area (Å²) in [5.74, 6) is 2.81. The van der Waals surface area contributed by atoms with Gasteiger partial charge in [-0.2, -0.15) is 0 Å². The van der Waals surface area contributed by atoms with E-state index in [-0.39, 0.29) is 24.0 Å². The van der Waals surface area contributed by atoms with E-state index in [4.69, 9.17) is 15.2 Å². The molecule has 1 aliphatic rings. The first-order valence-corrected chi connectivity index (χ1v) is 8.57. The minimum atomic E-state index is 0. The molecule has 5 nitrogen and oxygen atoms in total. The van der Waals surface area contributed by atoms with Crippen molar-refractivity contribution in [2.45, 2.75) is 26.3 Å². The van der Waals surface area contributed by atoms with Gasteiger partial charge < -0.3 is 20.5 Å². The van der Waals surface area contributed by atoms with Crippen LogP contribution in [0.3, 0.4) is 0 Å². The van der Waals surface area contributed by atoms with Crippen LogP contribution < -0.4 is 20.5 Å². The van der Waals surface area contributed by atoms with Gasteiger partial charge in [-0.25, -0.2) is 4.99 Å². The molecule has 0 spiro atoms. The molecule has 3 rings (SSSR count). The topological polar surface area (TPSA) is 68.9 Å². The fourth-order valence-electron chi connectivity index (χ4n) is 2.45. The van der Waals surface area contributed by atoms with Crippen LogP contribution in [0.25, 0.3) is 0 Å². The number of aryl methyl sites for hydroxylation is 1. The largest absolute Gasteiger partial charge is 0.497 e. The number of ether oxygens (including phenoxy) is 2. The molecule has 0 amide bonds. The van der Waals surface area contributed by atoms with Gasteiger partial charge in [-0.15, -0.1) is 24.0 Å². The number of rotatable bonds is 7. The number of hydrogen-bond acceptors (Lipinski definition) is 3. The number of halogens is 1. The summed E-state index contributed by atoms with van der Waals surface area (Å²) in [7, 11) is 1.64. The molecular formula is C20H26IN3O2. The van der Waals surface area contributed by atoms with E-state index in [9.17, 15) is 0 Å². The van der Waals surface area contributed by atoms with Gasteiger partial charge in [0, 0.05) is 11.3 Å². The molecule has 6 heteroatoms. The van der Waals surface area contributed by atoms with Gasteiger partial charge in [0.25, 0.3) is 0 Å². The first-order chi connectivity index (χ1) is 12.1. The highest BCUT2D eigenvalue weighted by molar-refractivity contribution is 14.0. The Bertz CT molecular complexity index is 743. The molecule has 0 saturated heterocycles. The van der Waals surface area contributed by atoms with Crippen molar-refractivity contribution in [1.29, 1.82) is 0 Å². The Labute approximate surface area is 172 Å². The number of benzene rings is 2. The molecule has 0 bridgehead atoms. The van der Waals surface area contributed by atoms with Crippen LogP contribution >= 0.6 is 24.0 Å². The molecule has 2 aromatic carbocycles. The molecule has 0 aliphatic heterocycles. The maximum atomic E-state index is 6.00. The molecule has 2 aromatic rings. The van der Waals surface area contributed by atoms with E-state index in [0.29, 0.717) is 12.5 Å². The van der Waals surface area contributed by atoms with Crippen molar-refractivity contribution in [3.8, 4) is 11.5 Å². The van der Waals surface area contributed by atoms with Crippen LogP contribution in [0, 0.1) is 12.8 Å². The van der Waals surface area contributed by atoms with E-state index in [1.54, 1.807) is 7.11 Å². The Morgan fingerprint density at radius 1 is 1.19 bits per heavy atom. The normalized spacial score (nSPS) is 13.7. The second-order valence-electron chi connectivity index (χ2n) is 6.42. The van der Waals surface area contributed by atoms with Gasteiger partial charge in [-0.1, -0.05) is 12.1 Å². The monoisotopic (exact) mass is 467 g/mol. The van der Waals surface area contributed by atoms with Gasteiger partial charge in [0.15, 0.2) is 5.96 Å². The number of nitrogens with zero attached hydrogens (tertiary/aromatic N) is 1. The third-order valence-corrected chi connectivity index (χ3v) is 4.18. The first-order valence-electron chi connectivity index (χ1n) is 8.57. The van der Waals surface area contributed by atoms with Gasteiger partial charge in [0.05, 0.1) is 20.3 Å². The van der Waals surface area contributed by atoms with E-state index in [1.165, 1.54) is 18.4 Å². The average Bonchev–Trinajstić information content (AvgIpc) is 3.44. The van der Waals surface area contributed by atoms with Crippen molar-refractivity contribution < 1.29 is 9.47 Å². The van der Waals surface area contributed by atoms with Gasteiger partial charge in [-0.05, 0) is 61.6 Å². The molecule has 1 fully saturated rings. The molecule has 0 heterocycles. The number of hydrogen-bond donors (Lipinski definition) is 2. The molecule has 0 radical (unpaired) electrons. The smallest absolute Gasteiger partial charge is 0.193 e. The second kappa shape index (κ2) is 9.66. The molecule has 140 valence electrons. The molecule has 26 heavy (non-hydrogen) atoms. The SMILES string of the molecule is COc1ccc(NC(N)=NCc2ccc(C)cc2OCC2CC2)cc1.I. The number of nitrogens with two attached hydrogens (primary N) is 1. The Hall–Kier alpha value is -1.96. The predicted molar refractivity (Wildman–Crippen MR) is 117 cm³/mol. The van der Waals surface area contributed by atoms with Crippen molar-refractivity contribution in [2.24, 2.45) is 16.6 Å². The van der Waals surface area contributed by atoms with Crippen LogP contribution in [0.15, 0.2) is 47.5 Å². The van der Waals surface area contributed by atoms with E-state index in [2.05, 4.69) is 35.4 Å². The van der Waals surface area contributed by atoms with Crippen molar-refractivity contribution in [3.05, 3.63) is 53.6 Å². The molecule has 0 atom stereocenters. The maximum absolute atomic E-state index is 6.00. The summed E-state index contributed by atoms with van der Waals surface area (Å²) in [6.07, 6.45) is 2.55. The fraction of sp³-hybridized carbons (Fsp3) is 0.350. The second-order valence-corrected chi connectivity index (χ2v) is 6.42. The zero-order valence-electron chi connectivity index (χ0n) is 15.2. The van der Waals surface area contributed by atoms with Gasteiger partial charge in [-0.3, -0.25) is 0 Å². The standard InChI is InChI=1S/C20H25N3O2.HI/c1-14-3-6-16(19(11-14)25-13-15-4-5-15)12-22-20(21)23-17-7-9-18(24-2)10-8-17;/h3,6-11,15H,4-5,12-13H2,1-2H3,(H3,21,22,23);1H. The highest BCUT2D eigenvalue weighted by Crippen LogP contribution is 2.31. The minimum absolute atomic E-state index is 0. The lowest BCUT2D eigenvalue weighted by atomic mass is 10.1. The van der Waals surface area contributed by atoms with Crippen LogP contribution in [0.4, 0.5) is 5.69 Å². The highest BCUT2D eigenvalue weighted by Gasteiger charge is 2.22. The van der Waals surface area contributed by atoms with E-state index < -0.39 is 0 Å². The number of aliphatic imine (C=N–C) groups is 1. The number of guanidine groups is 1. The van der Waals surface area contributed by atoms with Crippen molar-refractivity contribution in [2.75, 3.05) is 19.0 Å².